The van der Waals surface area contributed by atoms with E-state index >= 15 is 0 Å². The van der Waals surface area contributed by atoms with Crippen molar-refractivity contribution in [1.29, 1.82) is 0 Å². The molecule has 0 bridgehead atoms. The standard InChI is InChI=1S/C20H23F3N4OS/c21-20(22,23)16-8-6-15(7-9-16)14-27-10-2-1-4-17(27)12-25-26-19(29)24-13-18-5-3-11-28-18/h3-9,11,25H,1-2,10,12-14H2,(H2,24,26,29). The number of thiocarbonyl (C=S) groups is 1. The van der Waals surface area contributed by atoms with E-state index in [2.05, 4.69) is 27.1 Å². The molecular weight excluding hydrogens is 401 g/mol. The van der Waals surface area contributed by atoms with Crippen LogP contribution in [0.25, 0.3) is 0 Å². The fourth-order valence-electron chi connectivity index (χ4n) is 3.05. The molecule has 3 N–H and O–H groups in total. The van der Waals surface area contributed by atoms with Gasteiger partial charge in [0.15, 0.2) is 5.11 Å². The molecule has 0 atom stereocenters. The molecule has 0 fully saturated rings. The van der Waals surface area contributed by atoms with Crippen LogP contribution in [0, 0.1) is 0 Å². The van der Waals surface area contributed by atoms with Crippen LogP contribution in [-0.4, -0.2) is 23.1 Å². The highest BCUT2D eigenvalue weighted by atomic mass is 32.1. The van der Waals surface area contributed by atoms with Crippen LogP contribution < -0.4 is 16.2 Å². The molecule has 0 saturated heterocycles. The molecule has 1 aliphatic rings. The summed E-state index contributed by atoms with van der Waals surface area (Å²) < 4.78 is 43.4. The number of nitrogens with one attached hydrogen (secondary N) is 3. The molecule has 0 spiro atoms. The zero-order valence-electron chi connectivity index (χ0n) is 15.8. The number of furan rings is 1. The fraction of sp³-hybridized carbons (Fsp3) is 0.350. The predicted molar refractivity (Wildman–Crippen MR) is 108 cm³/mol. The third-order valence-corrected chi connectivity index (χ3v) is 4.79. The first-order valence-corrected chi connectivity index (χ1v) is 9.72. The Hall–Kier alpha value is -2.52. The minimum atomic E-state index is -4.31. The first-order valence-electron chi connectivity index (χ1n) is 9.31. The lowest BCUT2D eigenvalue weighted by Crippen LogP contribution is -2.46. The molecule has 0 radical (unpaired) electrons. The Morgan fingerprint density at radius 1 is 1.14 bits per heavy atom. The van der Waals surface area contributed by atoms with Gasteiger partial charge in [-0.2, -0.15) is 13.2 Å². The minimum Gasteiger partial charge on any atom is -0.467 e. The maximum absolute atomic E-state index is 12.7. The molecule has 0 aliphatic carbocycles. The lowest BCUT2D eigenvalue weighted by atomic mass is 10.1. The van der Waals surface area contributed by atoms with Gasteiger partial charge in [0.1, 0.15) is 5.76 Å². The second kappa shape index (κ2) is 9.80. The minimum absolute atomic E-state index is 0.451. The molecule has 0 saturated carbocycles. The van der Waals surface area contributed by atoms with Crippen molar-refractivity contribution in [1.82, 2.24) is 21.1 Å². The van der Waals surface area contributed by atoms with Crippen LogP contribution >= 0.6 is 12.2 Å². The number of halogens is 3. The summed E-state index contributed by atoms with van der Waals surface area (Å²) in [6, 6.07) is 9.00. The third-order valence-electron chi connectivity index (χ3n) is 4.55. The summed E-state index contributed by atoms with van der Waals surface area (Å²) in [5, 5.41) is 3.48. The van der Waals surface area contributed by atoms with E-state index < -0.39 is 11.7 Å². The first kappa shape index (κ1) is 21.2. The zero-order valence-corrected chi connectivity index (χ0v) is 16.6. The molecule has 2 heterocycles. The van der Waals surface area contributed by atoms with Gasteiger partial charge in [-0.1, -0.05) is 18.2 Å². The van der Waals surface area contributed by atoms with Crippen LogP contribution in [0.3, 0.4) is 0 Å². The second-order valence-electron chi connectivity index (χ2n) is 6.69. The van der Waals surface area contributed by atoms with Crippen molar-refractivity contribution >= 4 is 17.3 Å². The molecular formula is C20H23F3N4OS. The molecule has 29 heavy (non-hydrogen) atoms. The van der Waals surface area contributed by atoms with Crippen molar-refractivity contribution in [3.8, 4) is 0 Å². The van der Waals surface area contributed by atoms with Crippen LogP contribution in [0.5, 0.6) is 0 Å². The topological polar surface area (TPSA) is 52.5 Å². The SMILES string of the molecule is FC(F)(F)c1ccc(CN2CCCC=C2CNNC(=S)NCc2ccco2)cc1. The van der Waals surface area contributed by atoms with Crippen molar-refractivity contribution in [2.75, 3.05) is 13.1 Å². The molecule has 1 aromatic carbocycles. The third kappa shape index (κ3) is 6.50. The average Bonchev–Trinajstić information content (AvgIpc) is 3.21. The molecule has 1 aromatic heterocycles. The average molecular weight is 424 g/mol. The van der Waals surface area contributed by atoms with Gasteiger partial charge in [-0.3, -0.25) is 5.43 Å². The van der Waals surface area contributed by atoms with Gasteiger partial charge in [-0.05, 0) is 54.9 Å². The Kier molecular flexibility index (Phi) is 7.16. The summed E-state index contributed by atoms with van der Waals surface area (Å²) in [5.74, 6) is 0.784. The van der Waals surface area contributed by atoms with E-state index in [4.69, 9.17) is 16.6 Å². The van der Waals surface area contributed by atoms with Crippen LogP contribution in [0.1, 0.15) is 29.7 Å². The number of hydrogen-bond donors (Lipinski definition) is 3. The Labute approximate surface area is 172 Å². The molecule has 5 nitrogen and oxygen atoms in total. The summed E-state index contributed by atoms with van der Waals surface area (Å²) in [7, 11) is 0. The van der Waals surface area contributed by atoms with E-state index in [0.717, 1.165) is 48.5 Å². The normalized spacial score (nSPS) is 14.4. The van der Waals surface area contributed by atoms with Crippen LogP contribution in [0.4, 0.5) is 13.2 Å². The van der Waals surface area contributed by atoms with Gasteiger partial charge in [-0.15, -0.1) is 0 Å². The molecule has 3 rings (SSSR count). The van der Waals surface area contributed by atoms with Gasteiger partial charge in [0.2, 0.25) is 0 Å². The highest BCUT2D eigenvalue weighted by Gasteiger charge is 2.30. The van der Waals surface area contributed by atoms with Crippen LogP contribution in [0.2, 0.25) is 0 Å². The van der Waals surface area contributed by atoms with Gasteiger partial charge in [0.25, 0.3) is 0 Å². The maximum atomic E-state index is 12.7. The van der Waals surface area contributed by atoms with E-state index in [9.17, 15) is 13.2 Å². The highest BCUT2D eigenvalue weighted by Crippen LogP contribution is 2.29. The number of hydrogen-bond acceptors (Lipinski definition) is 4. The Morgan fingerprint density at radius 2 is 1.93 bits per heavy atom. The number of hydrazine groups is 1. The van der Waals surface area contributed by atoms with Crippen molar-refractivity contribution < 1.29 is 17.6 Å². The quantitative estimate of drug-likeness (QED) is 0.462. The van der Waals surface area contributed by atoms with E-state index in [1.807, 2.05) is 12.1 Å². The van der Waals surface area contributed by atoms with E-state index in [1.54, 1.807) is 6.26 Å². The summed E-state index contributed by atoms with van der Waals surface area (Å²) in [5.41, 5.74) is 7.32. The van der Waals surface area contributed by atoms with Crippen molar-refractivity contribution in [2.45, 2.75) is 32.1 Å². The lowest BCUT2D eigenvalue weighted by molar-refractivity contribution is -0.137. The lowest BCUT2D eigenvalue weighted by Gasteiger charge is -2.31. The fourth-order valence-corrected chi connectivity index (χ4v) is 3.19. The van der Waals surface area contributed by atoms with Gasteiger partial charge in [-0.25, -0.2) is 5.43 Å². The number of alkyl halides is 3. The number of nitrogens with zero attached hydrogens (tertiary/aromatic N) is 1. The number of benzene rings is 1. The van der Waals surface area contributed by atoms with Gasteiger partial charge in [0, 0.05) is 18.8 Å². The summed E-state index contributed by atoms with van der Waals surface area (Å²) in [6.07, 6.45) is 1.42. The zero-order chi connectivity index (χ0) is 20.7. The van der Waals surface area contributed by atoms with Gasteiger partial charge >= 0.3 is 6.18 Å². The van der Waals surface area contributed by atoms with Crippen molar-refractivity contribution in [3.63, 3.8) is 0 Å². The predicted octanol–water partition coefficient (Wildman–Crippen LogP) is 3.95. The summed E-state index contributed by atoms with van der Waals surface area (Å²) in [6.45, 7) is 2.45. The van der Waals surface area contributed by atoms with Crippen LogP contribution in [0.15, 0.2) is 58.9 Å². The van der Waals surface area contributed by atoms with E-state index in [-0.39, 0.29) is 0 Å². The van der Waals surface area contributed by atoms with E-state index in [0.29, 0.717) is 24.7 Å². The highest BCUT2D eigenvalue weighted by molar-refractivity contribution is 7.80. The summed E-state index contributed by atoms with van der Waals surface area (Å²) >= 11 is 5.22. The Balaban J connectivity index is 1.47. The van der Waals surface area contributed by atoms with Gasteiger partial charge < -0.3 is 14.6 Å². The molecule has 1 aliphatic heterocycles. The van der Waals surface area contributed by atoms with E-state index in [1.165, 1.54) is 12.1 Å². The second-order valence-corrected chi connectivity index (χ2v) is 7.10. The largest absolute Gasteiger partial charge is 0.467 e. The van der Waals surface area contributed by atoms with Crippen molar-refractivity contribution in [2.24, 2.45) is 0 Å². The molecule has 2 aromatic rings. The maximum Gasteiger partial charge on any atom is 0.416 e. The molecule has 0 amide bonds. The first-order chi connectivity index (χ1) is 13.9. The smallest absolute Gasteiger partial charge is 0.416 e. The molecule has 9 heteroatoms. The molecule has 0 unspecified atom stereocenters. The monoisotopic (exact) mass is 424 g/mol. The Morgan fingerprint density at radius 3 is 2.62 bits per heavy atom. The van der Waals surface area contributed by atoms with Crippen LogP contribution in [-0.2, 0) is 19.3 Å². The van der Waals surface area contributed by atoms with Gasteiger partial charge in [0.05, 0.1) is 24.9 Å². The molecule has 156 valence electrons. The number of rotatable bonds is 7. The van der Waals surface area contributed by atoms with Crippen molar-refractivity contribution in [3.05, 3.63) is 71.3 Å². The number of allylic oxidation sites excluding steroid dienone is 1. The Bertz CT molecular complexity index is 819. The summed E-state index contributed by atoms with van der Waals surface area (Å²) in [4.78, 5) is 2.17.